The van der Waals surface area contributed by atoms with Gasteiger partial charge < -0.3 is 5.73 Å². The Kier molecular flexibility index (Phi) is 4.46. The minimum atomic E-state index is 0.526. The van der Waals surface area contributed by atoms with Gasteiger partial charge in [0.15, 0.2) is 0 Å². The Balaban J connectivity index is 2.73. The molecule has 0 aliphatic carbocycles. The van der Waals surface area contributed by atoms with Crippen molar-refractivity contribution in [3.8, 4) is 0 Å². The van der Waals surface area contributed by atoms with Gasteiger partial charge in [0.25, 0.3) is 0 Å². The Bertz CT molecular complexity index is 243. The van der Waals surface area contributed by atoms with Crippen LogP contribution in [0.4, 0.5) is 0 Å². The molecule has 0 spiro atoms. The summed E-state index contributed by atoms with van der Waals surface area (Å²) in [5.41, 5.74) is 7.07. The standard InChI is InChI=1S/C11H16BrN/c1-2-3-10(8-13)9-4-6-11(12)7-5-9/h4-7,10H,2-3,8,13H2,1H3. The van der Waals surface area contributed by atoms with Crippen molar-refractivity contribution in [2.75, 3.05) is 6.54 Å². The summed E-state index contributed by atoms with van der Waals surface area (Å²) in [5.74, 6) is 0.526. The molecule has 0 saturated heterocycles. The third-order valence-electron chi connectivity index (χ3n) is 2.26. The molecule has 2 heteroatoms. The highest BCUT2D eigenvalue weighted by molar-refractivity contribution is 9.10. The Hall–Kier alpha value is -0.340. The van der Waals surface area contributed by atoms with Crippen LogP contribution in [-0.2, 0) is 0 Å². The lowest BCUT2D eigenvalue weighted by Gasteiger charge is -2.13. The van der Waals surface area contributed by atoms with E-state index >= 15 is 0 Å². The van der Waals surface area contributed by atoms with Gasteiger partial charge >= 0.3 is 0 Å². The molecule has 0 saturated carbocycles. The lowest BCUT2D eigenvalue weighted by Crippen LogP contribution is -2.12. The van der Waals surface area contributed by atoms with Crippen LogP contribution in [0.3, 0.4) is 0 Å². The van der Waals surface area contributed by atoms with Gasteiger partial charge in [-0.05, 0) is 36.6 Å². The third kappa shape index (κ3) is 3.12. The summed E-state index contributed by atoms with van der Waals surface area (Å²) >= 11 is 3.42. The molecule has 0 fully saturated rings. The molecular formula is C11H16BrN. The molecule has 0 heterocycles. The second kappa shape index (κ2) is 5.40. The quantitative estimate of drug-likeness (QED) is 0.861. The number of halogens is 1. The summed E-state index contributed by atoms with van der Waals surface area (Å²) in [5, 5.41) is 0. The van der Waals surface area contributed by atoms with Gasteiger partial charge in [0, 0.05) is 4.47 Å². The molecule has 2 N–H and O–H groups in total. The highest BCUT2D eigenvalue weighted by Crippen LogP contribution is 2.21. The fourth-order valence-electron chi connectivity index (χ4n) is 1.50. The van der Waals surface area contributed by atoms with E-state index in [1.165, 1.54) is 18.4 Å². The first-order valence-corrected chi connectivity index (χ1v) is 5.52. The zero-order chi connectivity index (χ0) is 9.68. The lowest BCUT2D eigenvalue weighted by atomic mass is 9.95. The second-order valence-corrected chi connectivity index (χ2v) is 4.19. The van der Waals surface area contributed by atoms with Crippen molar-refractivity contribution in [1.82, 2.24) is 0 Å². The number of benzene rings is 1. The summed E-state index contributed by atoms with van der Waals surface area (Å²) in [7, 11) is 0. The van der Waals surface area contributed by atoms with Gasteiger partial charge in [-0.15, -0.1) is 0 Å². The van der Waals surface area contributed by atoms with Crippen molar-refractivity contribution in [1.29, 1.82) is 0 Å². The van der Waals surface area contributed by atoms with Crippen LogP contribution in [0.2, 0.25) is 0 Å². The van der Waals surface area contributed by atoms with E-state index in [0.29, 0.717) is 5.92 Å². The van der Waals surface area contributed by atoms with Crippen molar-refractivity contribution in [2.24, 2.45) is 5.73 Å². The molecule has 72 valence electrons. The number of rotatable bonds is 4. The summed E-state index contributed by atoms with van der Waals surface area (Å²) in [4.78, 5) is 0. The summed E-state index contributed by atoms with van der Waals surface area (Å²) < 4.78 is 1.13. The molecule has 0 aliphatic rings. The molecule has 1 nitrogen and oxygen atoms in total. The van der Waals surface area contributed by atoms with E-state index in [1.54, 1.807) is 0 Å². The molecule has 0 radical (unpaired) electrons. The normalized spacial score (nSPS) is 12.8. The first-order chi connectivity index (χ1) is 6.27. The van der Waals surface area contributed by atoms with E-state index in [2.05, 4.69) is 47.1 Å². The maximum Gasteiger partial charge on any atom is 0.0175 e. The van der Waals surface area contributed by atoms with Crippen LogP contribution in [0, 0.1) is 0 Å². The van der Waals surface area contributed by atoms with Crippen LogP contribution in [0.15, 0.2) is 28.7 Å². The zero-order valence-electron chi connectivity index (χ0n) is 7.96. The fourth-order valence-corrected chi connectivity index (χ4v) is 1.77. The van der Waals surface area contributed by atoms with E-state index < -0.39 is 0 Å². The largest absolute Gasteiger partial charge is 0.330 e. The average Bonchev–Trinajstić information content (AvgIpc) is 2.16. The summed E-state index contributed by atoms with van der Waals surface area (Å²) in [6.07, 6.45) is 2.37. The Labute approximate surface area is 88.5 Å². The predicted octanol–water partition coefficient (Wildman–Crippen LogP) is 3.29. The number of hydrogen-bond donors (Lipinski definition) is 1. The lowest BCUT2D eigenvalue weighted by molar-refractivity contribution is 0.622. The SMILES string of the molecule is CCCC(CN)c1ccc(Br)cc1. The molecule has 1 aromatic rings. The van der Waals surface area contributed by atoms with Crippen molar-refractivity contribution in [3.05, 3.63) is 34.3 Å². The van der Waals surface area contributed by atoms with E-state index in [1.807, 2.05) is 0 Å². The number of hydrogen-bond acceptors (Lipinski definition) is 1. The Morgan fingerprint density at radius 1 is 1.31 bits per heavy atom. The maximum atomic E-state index is 5.72. The van der Waals surface area contributed by atoms with E-state index in [-0.39, 0.29) is 0 Å². The van der Waals surface area contributed by atoms with Gasteiger partial charge in [0.2, 0.25) is 0 Å². The van der Waals surface area contributed by atoms with Gasteiger partial charge in [-0.2, -0.15) is 0 Å². The van der Waals surface area contributed by atoms with E-state index in [9.17, 15) is 0 Å². The van der Waals surface area contributed by atoms with Crippen LogP contribution in [-0.4, -0.2) is 6.54 Å². The zero-order valence-corrected chi connectivity index (χ0v) is 9.55. The first-order valence-electron chi connectivity index (χ1n) is 4.73. The number of nitrogens with two attached hydrogens (primary N) is 1. The molecule has 1 rings (SSSR count). The van der Waals surface area contributed by atoms with Gasteiger partial charge in [-0.3, -0.25) is 0 Å². The molecule has 1 atom stereocenters. The second-order valence-electron chi connectivity index (χ2n) is 3.27. The molecule has 0 bridgehead atoms. The summed E-state index contributed by atoms with van der Waals surface area (Å²) in [6.45, 7) is 2.94. The van der Waals surface area contributed by atoms with Gasteiger partial charge in [0.1, 0.15) is 0 Å². The fraction of sp³-hybridized carbons (Fsp3) is 0.455. The van der Waals surface area contributed by atoms with Gasteiger partial charge in [-0.25, -0.2) is 0 Å². The minimum absolute atomic E-state index is 0.526. The van der Waals surface area contributed by atoms with Crippen LogP contribution in [0.25, 0.3) is 0 Å². The van der Waals surface area contributed by atoms with Crippen LogP contribution < -0.4 is 5.73 Å². The monoisotopic (exact) mass is 241 g/mol. The molecule has 0 aliphatic heterocycles. The van der Waals surface area contributed by atoms with E-state index in [4.69, 9.17) is 5.73 Å². The summed E-state index contributed by atoms with van der Waals surface area (Å²) in [6, 6.07) is 8.45. The van der Waals surface area contributed by atoms with E-state index in [0.717, 1.165) is 11.0 Å². The Morgan fingerprint density at radius 2 is 1.92 bits per heavy atom. The molecule has 1 aromatic carbocycles. The third-order valence-corrected chi connectivity index (χ3v) is 2.79. The van der Waals surface area contributed by atoms with Crippen molar-refractivity contribution >= 4 is 15.9 Å². The maximum absolute atomic E-state index is 5.72. The van der Waals surface area contributed by atoms with Gasteiger partial charge in [0.05, 0.1) is 0 Å². The highest BCUT2D eigenvalue weighted by atomic mass is 79.9. The average molecular weight is 242 g/mol. The minimum Gasteiger partial charge on any atom is -0.330 e. The van der Waals surface area contributed by atoms with Gasteiger partial charge in [-0.1, -0.05) is 41.4 Å². The van der Waals surface area contributed by atoms with Crippen molar-refractivity contribution < 1.29 is 0 Å². The van der Waals surface area contributed by atoms with Crippen LogP contribution in [0.1, 0.15) is 31.2 Å². The highest BCUT2D eigenvalue weighted by Gasteiger charge is 2.07. The molecule has 1 unspecified atom stereocenters. The topological polar surface area (TPSA) is 26.0 Å². The van der Waals surface area contributed by atoms with Crippen LogP contribution in [0.5, 0.6) is 0 Å². The predicted molar refractivity (Wildman–Crippen MR) is 60.8 cm³/mol. The van der Waals surface area contributed by atoms with Crippen LogP contribution >= 0.6 is 15.9 Å². The molecule has 13 heavy (non-hydrogen) atoms. The smallest absolute Gasteiger partial charge is 0.0175 e. The Morgan fingerprint density at radius 3 is 2.38 bits per heavy atom. The first kappa shape index (κ1) is 10.7. The molecule has 0 aromatic heterocycles. The van der Waals surface area contributed by atoms with Crippen molar-refractivity contribution in [3.63, 3.8) is 0 Å². The molecule has 0 amide bonds. The molecular weight excluding hydrogens is 226 g/mol. The van der Waals surface area contributed by atoms with Crippen molar-refractivity contribution in [2.45, 2.75) is 25.7 Å².